The molecule has 1 atom stereocenters. The highest BCUT2D eigenvalue weighted by molar-refractivity contribution is 8.01. The van der Waals surface area contributed by atoms with Crippen molar-refractivity contribution in [1.82, 2.24) is 10.3 Å². The molecule has 1 unspecified atom stereocenters. The van der Waals surface area contributed by atoms with Gasteiger partial charge < -0.3 is 10.1 Å². The van der Waals surface area contributed by atoms with Gasteiger partial charge in [0, 0.05) is 25.3 Å². The number of hydrogen-bond acceptors (Lipinski definition) is 9. The van der Waals surface area contributed by atoms with Crippen LogP contribution in [0.2, 0.25) is 0 Å². The maximum atomic E-state index is 12.9. The molecule has 3 aromatic rings. The van der Waals surface area contributed by atoms with Gasteiger partial charge in [0.25, 0.3) is 17.5 Å². The lowest BCUT2D eigenvalue weighted by Gasteiger charge is -2.13. The SMILES string of the molecule is O=C(CSc1nc2ccc(N3C(=O)c4ccc([N+](=O)[O-])cc4C3=O)cc2s1)NCC1CCCO1. The maximum Gasteiger partial charge on any atom is 0.270 e. The van der Waals surface area contributed by atoms with Crippen LogP contribution in [0, 0.1) is 10.1 Å². The van der Waals surface area contributed by atoms with E-state index in [1.54, 1.807) is 18.2 Å². The minimum absolute atomic E-state index is 0.00821. The number of nitrogens with one attached hydrogen (secondary N) is 1. The molecular formula is C22H18N4O6S2. The Morgan fingerprint density at radius 2 is 2.06 bits per heavy atom. The summed E-state index contributed by atoms with van der Waals surface area (Å²) in [7, 11) is 0. The van der Waals surface area contributed by atoms with Gasteiger partial charge in [-0.3, -0.25) is 24.5 Å². The summed E-state index contributed by atoms with van der Waals surface area (Å²) in [5.41, 5.74) is 0.930. The zero-order valence-electron chi connectivity index (χ0n) is 17.7. The number of hydrogen-bond donors (Lipinski definition) is 1. The van der Waals surface area contributed by atoms with Gasteiger partial charge >= 0.3 is 0 Å². The van der Waals surface area contributed by atoms with Crippen LogP contribution in [0.1, 0.15) is 33.6 Å². The standard InChI is InChI=1S/C22H18N4O6S2/c27-19(23-10-14-2-1-7-32-14)11-33-22-24-17-6-4-12(9-18(17)34-22)25-20(28)15-5-3-13(26(30)31)8-16(15)21(25)29/h3-6,8-9,14H,1-2,7,10-11H2,(H,23,27). The molecule has 174 valence electrons. The first-order valence-electron chi connectivity index (χ1n) is 10.5. The summed E-state index contributed by atoms with van der Waals surface area (Å²) < 4.78 is 6.94. The lowest BCUT2D eigenvalue weighted by Crippen LogP contribution is -2.32. The molecule has 1 aromatic heterocycles. The first-order chi connectivity index (χ1) is 16.4. The van der Waals surface area contributed by atoms with Crippen LogP contribution in [0.4, 0.5) is 11.4 Å². The number of fused-ring (bicyclic) bond motifs is 2. The van der Waals surface area contributed by atoms with E-state index in [-0.39, 0.29) is 34.6 Å². The predicted molar refractivity (Wildman–Crippen MR) is 127 cm³/mol. The zero-order valence-corrected chi connectivity index (χ0v) is 19.3. The second-order valence-corrected chi connectivity index (χ2v) is 10.0. The molecule has 3 amide bonds. The fourth-order valence-electron chi connectivity index (χ4n) is 3.88. The number of thioether (sulfide) groups is 1. The number of carbonyl (C=O) groups excluding carboxylic acids is 3. The number of nitrogens with zero attached hydrogens (tertiary/aromatic N) is 3. The molecule has 34 heavy (non-hydrogen) atoms. The highest BCUT2D eigenvalue weighted by Crippen LogP contribution is 2.35. The number of anilines is 1. The number of nitro groups is 1. The van der Waals surface area contributed by atoms with Crippen LogP contribution >= 0.6 is 23.1 Å². The van der Waals surface area contributed by atoms with Crippen molar-refractivity contribution in [3.05, 3.63) is 57.6 Å². The lowest BCUT2D eigenvalue weighted by atomic mass is 10.1. The minimum atomic E-state index is -0.606. The summed E-state index contributed by atoms with van der Waals surface area (Å²) in [6, 6.07) is 8.64. The number of nitro benzene ring substituents is 1. The van der Waals surface area contributed by atoms with Crippen molar-refractivity contribution in [2.75, 3.05) is 23.8 Å². The maximum absolute atomic E-state index is 12.9. The smallest absolute Gasteiger partial charge is 0.270 e. The fourth-order valence-corrected chi connectivity index (χ4v) is 5.81. The molecule has 2 aliphatic heterocycles. The third-order valence-corrected chi connectivity index (χ3v) is 7.73. The van der Waals surface area contributed by atoms with Gasteiger partial charge in [-0.15, -0.1) is 11.3 Å². The van der Waals surface area contributed by atoms with Gasteiger partial charge in [0.2, 0.25) is 5.91 Å². The van der Waals surface area contributed by atoms with Gasteiger partial charge in [-0.2, -0.15) is 0 Å². The van der Waals surface area contributed by atoms with Gasteiger partial charge in [0.05, 0.1) is 43.8 Å². The van der Waals surface area contributed by atoms with E-state index < -0.39 is 16.7 Å². The van der Waals surface area contributed by atoms with E-state index in [1.165, 1.54) is 35.2 Å². The molecule has 5 rings (SSSR count). The van der Waals surface area contributed by atoms with Crippen LogP contribution in [0.15, 0.2) is 40.7 Å². The molecule has 2 aromatic carbocycles. The third kappa shape index (κ3) is 4.27. The molecule has 10 nitrogen and oxygen atoms in total. The van der Waals surface area contributed by atoms with Crippen molar-refractivity contribution >= 4 is 62.4 Å². The number of imide groups is 1. The number of aromatic nitrogens is 1. The van der Waals surface area contributed by atoms with Crippen molar-refractivity contribution in [1.29, 1.82) is 0 Å². The van der Waals surface area contributed by atoms with Crippen LogP contribution < -0.4 is 10.2 Å². The normalized spacial score (nSPS) is 17.4. The minimum Gasteiger partial charge on any atom is -0.376 e. The highest BCUT2D eigenvalue weighted by atomic mass is 32.2. The molecule has 0 spiro atoms. The first-order valence-corrected chi connectivity index (χ1v) is 12.3. The molecule has 12 heteroatoms. The number of benzene rings is 2. The van der Waals surface area contributed by atoms with Crippen molar-refractivity contribution in [3.8, 4) is 0 Å². The molecule has 0 saturated carbocycles. The van der Waals surface area contributed by atoms with Crippen LogP contribution in [0.5, 0.6) is 0 Å². The number of carbonyl (C=O) groups is 3. The van der Waals surface area contributed by atoms with Gasteiger partial charge in [0.15, 0.2) is 4.34 Å². The molecule has 3 heterocycles. The second-order valence-electron chi connectivity index (χ2n) is 7.79. The van der Waals surface area contributed by atoms with Crippen LogP contribution in [0.3, 0.4) is 0 Å². The van der Waals surface area contributed by atoms with E-state index in [1.807, 2.05) is 0 Å². The largest absolute Gasteiger partial charge is 0.376 e. The average molecular weight is 499 g/mol. The van der Waals surface area contributed by atoms with Crippen molar-refractivity contribution in [3.63, 3.8) is 0 Å². The van der Waals surface area contributed by atoms with Gasteiger partial charge in [-0.25, -0.2) is 9.88 Å². The lowest BCUT2D eigenvalue weighted by molar-refractivity contribution is -0.384. The number of rotatable bonds is 7. The summed E-state index contributed by atoms with van der Waals surface area (Å²) >= 11 is 2.67. The summed E-state index contributed by atoms with van der Waals surface area (Å²) in [6.45, 7) is 1.25. The highest BCUT2D eigenvalue weighted by Gasteiger charge is 2.38. The Morgan fingerprint density at radius 1 is 1.24 bits per heavy atom. The quantitative estimate of drug-likeness (QED) is 0.227. The van der Waals surface area contributed by atoms with Crippen LogP contribution in [-0.2, 0) is 9.53 Å². The Balaban J connectivity index is 1.29. The third-order valence-electron chi connectivity index (χ3n) is 5.57. The molecule has 0 bridgehead atoms. The van der Waals surface area contributed by atoms with Gasteiger partial charge in [-0.05, 0) is 37.1 Å². The Kier molecular flexibility index (Phi) is 6.02. The number of thiazole rings is 1. The van der Waals surface area contributed by atoms with E-state index in [0.29, 0.717) is 22.1 Å². The monoisotopic (exact) mass is 498 g/mol. The summed E-state index contributed by atoms with van der Waals surface area (Å²) in [6.07, 6.45) is 2.06. The zero-order chi connectivity index (χ0) is 23.8. The summed E-state index contributed by atoms with van der Waals surface area (Å²) in [5, 5.41) is 13.9. The molecular weight excluding hydrogens is 480 g/mol. The molecule has 0 radical (unpaired) electrons. The van der Waals surface area contributed by atoms with Crippen molar-refractivity contribution < 1.29 is 24.0 Å². The number of non-ortho nitro benzene ring substituents is 1. The fraction of sp³-hybridized carbons (Fsp3) is 0.273. The van der Waals surface area contributed by atoms with E-state index in [2.05, 4.69) is 10.3 Å². The van der Waals surface area contributed by atoms with Crippen molar-refractivity contribution in [2.24, 2.45) is 0 Å². The molecule has 1 fully saturated rings. The Labute approximate surface area is 201 Å². The average Bonchev–Trinajstić information content (AvgIpc) is 3.54. The van der Waals surface area contributed by atoms with Crippen LogP contribution in [0.25, 0.3) is 10.2 Å². The molecule has 2 aliphatic rings. The Hall–Kier alpha value is -3.35. The topological polar surface area (TPSA) is 132 Å². The van der Waals surface area contributed by atoms with Gasteiger partial charge in [0.1, 0.15) is 0 Å². The predicted octanol–water partition coefficient (Wildman–Crippen LogP) is 3.39. The van der Waals surface area contributed by atoms with Crippen molar-refractivity contribution in [2.45, 2.75) is 23.3 Å². The Bertz CT molecular complexity index is 1330. The molecule has 1 N–H and O–H groups in total. The molecule has 1 saturated heterocycles. The van der Waals surface area contributed by atoms with E-state index >= 15 is 0 Å². The van der Waals surface area contributed by atoms with Gasteiger partial charge in [-0.1, -0.05) is 11.8 Å². The molecule has 0 aliphatic carbocycles. The number of amides is 3. The van der Waals surface area contributed by atoms with E-state index in [0.717, 1.165) is 35.1 Å². The summed E-state index contributed by atoms with van der Waals surface area (Å²) in [4.78, 5) is 53.8. The first kappa shape index (κ1) is 22.4. The Morgan fingerprint density at radius 3 is 2.82 bits per heavy atom. The second kappa shape index (κ2) is 9.12. The van der Waals surface area contributed by atoms with E-state index in [9.17, 15) is 24.5 Å². The van der Waals surface area contributed by atoms with Crippen LogP contribution in [-0.4, -0.2) is 52.6 Å². The summed E-state index contributed by atoms with van der Waals surface area (Å²) in [5.74, 6) is -1.02. The number of ether oxygens (including phenoxy) is 1. The van der Waals surface area contributed by atoms with E-state index in [4.69, 9.17) is 4.74 Å².